The molecule has 0 atom stereocenters. The Labute approximate surface area is 168 Å². The highest BCUT2D eigenvalue weighted by atomic mass is 35.5. The number of halogens is 2. The van der Waals surface area contributed by atoms with E-state index in [9.17, 15) is 9.59 Å². The molecule has 0 unspecified atom stereocenters. The maximum Gasteiger partial charge on any atom is 0.248 e. The number of benzene rings is 2. The summed E-state index contributed by atoms with van der Waals surface area (Å²) in [6.45, 7) is 3.64. The van der Waals surface area contributed by atoms with E-state index in [-0.39, 0.29) is 17.7 Å². The Morgan fingerprint density at radius 2 is 1.63 bits per heavy atom. The maximum atomic E-state index is 12.1. The minimum Gasteiger partial charge on any atom is -0.495 e. The van der Waals surface area contributed by atoms with Crippen molar-refractivity contribution in [3.05, 3.63) is 58.1 Å². The molecule has 2 amide bonds. The molecule has 0 fully saturated rings. The molecular weight excluding hydrogens is 387 g/mol. The quantitative estimate of drug-likeness (QED) is 0.643. The Morgan fingerprint density at radius 3 is 2.19 bits per heavy atom. The molecule has 0 spiro atoms. The standard InChI is InChI=1S/C20H20Cl2N2O3/c1-12(2)20(26)24-16-7-5-15(6-8-16)23-18(25)9-4-13-10-14(21)11-17(22)19(13)27-3/h4-12H,1-3H3,(H,23,25)(H,24,26)/b9-4-. The summed E-state index contributed by atoms with van der Waals surface area (Å²) in [6.07, 6.45) is 2.93. The predicted octanol–water partition coefficient (Wildman–Crippen LogP) is 5.25. The first-order valence-electron chi connectivity index (χ1n) is 8.23. The average molecular weight is 407 g/mol. The molecule has 0 aliphatic carbocycles. The van der Waals surface area contributed by atoms with Crippen molar-refractivity contribution < 1.29 is 14.3 Å². The summed E-state index contributed by atoms with van der Waals surface area (Å²) in [4.78, 5) is 23.8. The monoisotopic (exact) mass is 406 g/mol. The van der Waals surface area contributed by atoms with E-state index >= 15 is 0 Å². The van der Waals surface area contributed by atoms with Crippen LogP contribution in [0.2, 0.25) is 10.0 Å². The van der Waals surface area contributed by atoms with Crippen LogP contribution in [0.25, 0.3) is 6.08 Å². The van der Waals surface area contributed by atoms with Gasteiger partial charge in [-0.2, -0.15) is 0 Å². The smallest absolute Gasteiger partial charge is 0.248 e. The van der Waals surface area contributed by atoms with Crippen molar-refractivity contribution in [3.8, 4) is 5.75 Å². The molecule has 2 aromatic rings. The number of hydrogen-bond acceptors (Lipinski definition) is 3. The Balaban J connectivity index is 2.04. The van der Waals surface area contributed by atoms with E-state index in [1.807, 2.05) is 13.8 Å². The fourth-order valence-electron chi connectivity index (χ4n) is 2.19. The van der Waals surface area contributed by atoms with Gasteiger partial charge in [-0.15, -0.1) is 0 Å². The van der Waals surface area contributed by atoms with Crippen molar-refractivity contribution in [2.24, 2.45) is 5.92 Å². The number of hydrogen-bond donors (Lipinski definition) is 2. The van der Waals surface area contributed by atoms with E-state index in [4.69, 9.17) is 27.9 Å². The zero-order valence-electron chi connectivity index (χ0n) is 15.2. The van der Waals surface area contributed by atoms with Crippen molar-refractivity contribution in [2.75, 3.05) is 17.7 Å². The minimum absolute atomic E-state index is 0.0659. The van der Waals surface area contributed by atoms with Crippen molar-refractivity contribution in [1.29, 1.82) is 0 Å². The van der Waals surface area contributed by atoms with E-state index in [1.54, 1.807) is 42.5 Å². The van der Waals surface area contributed by atoms with Gasteiger partial charge in [-0.05, 0) is 42.5 Å². The summed E-state index contributed by atoms with van der Waals surface area (Å²) in [5.41, 5.74) is 1.86. The SMILES string of the molecule is COc1c(Cl)cc(Cl)cc1/C=C\C(=O)Nc1ccc(NC(=O)C(C)C)cc1. The number of rotatable bonds is 6. The molecule has 0 heterocycles. The second-order valence-electron chi connectivity index (χ2n) is 6.05. The topological polar surface area (TPSA) is 67.4 Å². The van der Waals surface area contributed by atoms with Gasteiger partial charge >= 0.3 is 0 Å². The Hall–Kier alpha value is -2.50. The van der Waals surface area contributed by atoms with Crippen LogP contribution in [-0.2, 0) is 9.59 Å². The summed E-state index contributed by atoms with van der Waals surface area (Å²) in [5, 5.41) is 6.33. The fraction of sp³-hybridized carbons (Fsp3) is 0.200. The number of amides is 2. The molecule has 27 heavy (non-hydrogen) atoms. The van der Waals surface area contributed by atoms with Gasteiger partial charge in [0.25, 0.3) is 0 Å². The van der Waals surface area contributed by atoms with Crippen molar-refractivity contribution in [3.63, 3.8) is 0 Å². The second kappa shape index (κ2) is 9.44. The fourth-order valence-corrected chi connectivity index (χ4v) is 2.78. The van der Waals surface area contributed by atoms with E-state index in [1.165, 1.54) is 13.2 Å². The minimum atomic E-state index is -0.327. The van der Waals surface area contributed by atoms with E-state index < -0.39 is 0 Å². The van der Waals surface area contributed by atoms with Gasteiger partial charge in [0.05, 0.1) is 12.1 Å². The molecule has 0 bridgehead atoms. The van der Waals surface area contributed by atoms with E-state index in [0.29, 0.717) is 32.7 Å². The van der Waals surface area contributed by atoms with Gasteiger partial charge in [-0.1, -0.05) is 37.0 Å². The summed E-state index contributed by atoms with van der Waals surface area (Å²) < 4.78 is 5.24. The first kappa shape index (κ1) is 20.8. The molecule has 142 valence electrons. The molecule has 7 heteroatoms. The van der Waals surface area contributed by atoms with Gasteiger partial charge in [-0.3, -0.25) is 9.59 Å². The van der Waals surface area contributed by atoms with Crippen LogP contribution in [0.1, 0.15) is 19.4 Å². The molecule has 2 aromatic carbocycles. The van der Waals surface area contributed by atoms with Crippen LogP contribution >= 0.6 is 23.2 Å². The van der Waals surface area contributed by atoms with Gasteiger partial charge in [0, 0.05) is 34.0 Å². The maximum absolute atomic E-state index is 12.1. The normalized spacial score (nSPS) is 10.9. The van der Waals surface area contributed by atoms with Crippen LogP contribution in [0.15, 0.2) is 42.5 Å². The highest BCUT2D eigenvalue weighted by Gasteiger charge is 2.09. The third-order valence-electron chi connectivity index (χ3n) is 3.60. The summed E-state index contributed by atoms with van der Waals surface area (Å²) in [5.74, 6) is -0.0576. The van der Waals surface area contributed by atoms with Gasteiger partial charge in [0.2, 0.25) is 11.8 Å². The third kappa shape index (κ3) is 6.01. The van der Waals surface area contributed by atoms with E-state index in [0.717, 1.165) is 0 Å². The predicted molar refractivity (Wildman–Crippen MR) is 111 cm³/mol. The van der Waals surface area contributed by atoms with Crippen molar-refractivity contribution in [1.82, 2.24) is 0 Å². The highest BCUT2D eigenvalue weighted by Crippen LogP contribution is 2.33. The van der Waals surface area contributed by atoms with Crippen LogP contribution in [0.5, 0.6) is 5.75 Å². The number of carbonyl (C=O) groups is 2. The van der Waals surface area contributed by atoms with Gasteiger partial charge < -0.3 is 15.4 Å². The number of ether oxygens (including phenoxy) is 1. The van der Waals surface area contributed by atoms with Crippen molar-refractivity contribution in [2.45, 2.75) is 13.8 Å². The molecule has 0 saturated carbocycles. The molecule has 0 aromatic heterocycles. The largest absolute Gasteiger partial charge is 0.495 e. The zero-order chi connectivity index (χ0) is 20.0. The summed E-state index contributed by atoms with van der Waals surface area (Å²) in [7, 11) is 1.49. The summed E-state index contributed by atoms with van der Waals surface area (Å²) in [6, 6.07) is 10.1. The number of methoxy groups -OCH3 is 1. The molecule has 5 nitrogen and oxygen atoms in total. The molecule has 0 aliphatic rings. The first-order valence-corrected chi connectivity index (χ1v) is 8.98. The van der Waals surface area contributed by atoms with E-state index in [2.05, 4.69) is 10.6 Å². The van der Waals surface area contributed by atoms with Crippen molar-refractivity contribution >= 4 is 52.5 Å². The third-order valence-corrected chi connectivity index (χ3v) is 4.10. The highest BCUT2D eigenvalue weighted by molar-refractivity contribution is 6.36. The van der Waals surface area contributed by atoms with Crippen LogP contribution in [0, 0.1) is 5.92 Å². The van der Waals surface area contributed by atoms with Crippen LogP contribution in [-0.4, -0.2) is 18.9 Å². The van der Waals surface area contributed by atoms with Crippen LogP contribution < -0.4 is 15.4 Å². The first-order chi connectivity index (χ1) is 12.8. The lowest BCUT2D eigenvalue weighted by Crippen LogP contribution is -2.17. The number of carbonyl (C=O) groups excluding carboxylic acids is 2. The molecular formula is C20H20Cl2N2O3. The summed E-state index contributed by atoms with van der Waals surface area (Å²) >= 11 is 12.1. The molecule has 2 N–H and O–H groups in total. The zero-order valence-corrected chi connectivity index (χ0v) is 16.7. The molecule has 0 saturated heterocycles. The van der Waals surface area contributed by atoms with Gasteiger partial charge in [0.15, 0.2) is 0 Å². The molecule has 2 rings (SSSR count). The Kier molecular flexibility index (Phi) is 7.28. The lowest BCUT2D eigenvalue weighted by molar-refractivity contribution is -0.119. The second-order valence-corrected chi connectivity index (χ2v) is 6.90. The Morgan fingerprint density at radius 1 is 1.04 bits per heavy atom. The van der Waals surface area contributed by atoms with Crippen LogP contribution in [0.4, 0.5) is 11.4 Å². The number of anilines is 2. The van der Waals surface area contributed by atoms with Crippen LogP contribution in [0.3, 0.4) is 0 Å². The average Bonchev–Trinajstić information content (AvgIpc) is 2.61. The lowest BCUT2D eigenvalue weighted by Gasteiger charge is -2.09. The van der Waals surface area contributed by atoms with Gasteiger partial charge in [0.1, 0.15) is 5.75 Å². The number of nitrogens with one attached hydrogen (secondary N) is 2. The molecule has 0 radical (unpaired) electrons. The van der Waals surface area contributed by atoms with Gasteiger partial charge in [-0.25, -0.2) is 0 Å². The Bertz CT molecular complexity index is 862. The molecule has 0 aliphatic heterocycles. The lowest BCUT2D eigenvalue weighted by atomic mass is 10.2.